The van der Waals surface area contributed by atoms with E-state index < -0.39 is 5.97 Å². The van der Waals surface area contributed by atoms with Crippen LogP contribution in [0.3, 0.4) is 0 Å². The minimum absolute atomic E-state index is 0.0580. The number of β-amino-alcohol motifs (C(OH)–C–C–N with tert-alkyl or cyclic N) is 1. The van der Waals surface area contributed by atoms with Gasteiger partial charge in [-0.1, -0.05) is 0 Å². The number of carboxylic acid groups (broad SMARTS) is 1. The SMILES string of the molecule is Cc1nc(C(=O)O)cnc1N1CC(O)C1. The van der Waals surface area contributed by atoms with E-state index in [0.717, 1.165) is 0 Å². The summed E-state index contributed by atoms with van der Waals surface area (Å²) in [7, 11) is 0. The van der Waals surface area contributed by atoms with Gasteiger partial charge >= 0.3 is 5.97 Å². The molecule has 15 heavy (non-hydrogen) atoms. The molecule has 1 aromatic rings. The topological polar surface area (TPSA) is 86.5 Å². The Kier molecular flexibility index (Phi) is 2.28. The molecule has 6 heteroatoms. The Hall–Kier alpha value is -1.69. The highest BCUT2D eigenvalue weighted by molar-refractivity contribution is 5.85. The smallest absolute Gasteiger partial charge is 0.356 e. The first kappa shape index (κ1) is 9.85. The van der Waals surface area contributed by atoms with Crippen molar-refractivity contribution in [3.8, 4) is 0 Å². The Morgan fingerprint density at radius 3 is 2.73 bits per heavy atom. The lowest BCUT2D eigenvalue weighted by atomic mass is 10.1. The van der Waals surface area contributed by atoms with Crippen molar-refractivity contribution in [2.45, 2.75) is 13.0 Å². The van der Waals surface area contributed by atoms with Gasteiger partial charge in [0.05, 0.1) is 18.0 Å². The number of aryl methyl sites for hydroxylation is 1. The van der Waals surface area contributed by atoms with Crippen LogP contribution in [0.25, 0.3) is 0 Å². The molecule has 0 aromatic carbocycles. The fraction of sp³-hybridized carbons (Fsp3) is 0.444. The summed E-state index contributed by atoms with van der Waals surface area (Å²) in [6, 6.07) is 0. The summed E-state index contributed by atoms with van der Waals surface area (Å²) in [4.78, 5) is 20.4. The van der Waals surface area contributed by atoms with Crippen molar-refractivity contribution >= 4 is 11.8 Å². The lowest BCUT2D eigenvalue weighted by Crippen LogP contribution is -2.51. The molecule has 1 fully saturated rings. The lowest BCUT2D eigenvalue weighted by Gasteiger charge is -2.37. The van der Waals surface area contributed by atoms with E-state index in [0.29, 0.717) is 24.6 Å². The largest absolute Gasteiger partial charge is 0.476 e. The third-order valence-corrected chi connectivity index (χ3v) is 2.30. The zero-order valence-corrected chi connectivity index (χ0v) is 8.21. The third kappa shape index (κ3) is 1.75. The van der Waals surface area contributed by atoms with Crippen molar-refractivity contribution < 1.29 is 15.0 Å². The summed E-state index contributed by atoms with van der Waals surface area (Å²) in [5.41, 5.74) is 0.513. The van der Waals surface area contributed by atoms with Crippen molar-refractivity contribution in [3.05, 3.63) is 17.6 Å². The molecular formula is C9H11N3O3. The predicted octanol–water partition coefficient (Wildman–Crippen LogP) is -0.336. The normalized spacial score (nSPS) is 16.3. The first-order chi connectivity index (χ1) is 7.08. The van der Waals surface area contributed by atoms with Crippen LogP contribution in [0, 0.1) is 6.92 Å². The molecule has 0 amide bonds. The van der Waals surface area contributed by atoms with Gasteiger partial charge in [-0.2, -0.15) is 0 Å². The quantitative estimate of drug-likeness (QED) is 0.693. The van der Waals surface area contributed by atoms with E-state index in [1.807, 2.05) is 4.90 Å². The Morgan fingerprint density at radius 1 is 1.60 bits per heavy atom. The average molecular weight is 209 g/mol. The number of hydrogen-bond acceptors (Lipinski definition) is 5. The van der Waals surface area contributed by atoms with Gasteiger partial charge in [0, 0.05) is 13.1 Å². The molecule has 0 spiro atoms. The molecule has 80 valence electrons. The summed E-state index contributed by atoms with van der Waals surface area (Å²) in [6.07, 6.45) is 0.917. The maximum atomic E-state index is 10.6. The zero-order chi connectivity index (χ0) is 11.0. The monoisotopic (exact) mass is 209 g/mol. The van der Waals surface area contributed by atoms with E-state index in [2.05, 4.69) is 9.97 Å². The van der Waals surface area contributed by atoms with Gasteiger partial charge in [-0.25, -0.2) is 14.8 Å². The summed E-state index contributed by atoms with van der Waals surface area (Å²) >= 11 is 0. The molecule has 2 heterocycles. The molecule has 1 aliphatic rings. The van der Waals surface area contributed by atoms with Gasteiger partial charge in [-0.15, -0.1) is 0 Å². The number of nitrogens with zero attached hydrogens (tertiary/aromatic N) is 3. The van der Waals surface area contributed by atoms with Crippen LogP contribution in [0.4, 0.5) is 5.82 Å². The minimum atomic E-state index is -1.08. The molecule has 0 atom stereocenters. The number of carbonyl (C=O) groups is 1. The molecule has 2 N–H and O–H groups in total. The van der Waals surface area contributed by atoms with Gasteiger partial charge in [0.1, 0.15) is 5.82 Å². The summed E-state index contributed by atoms with van der Waals surface area (Å²) in [5.74, 6) is -0.439. The van der Waals surface area contributed by atoms with E-state index in [4.69, 9.17) is 10.2 Å². The summed E-state index contributed by atoms with van der Waals surface area (Å²) in [5, 5.41) is 17.8. The van der Waals surface area contributed by atoms with Crippen LogP contribution in [0.15, 0.2) is 6.20 Å². The predicted molar refractivity (Wildman–Crippen MR) is 51.9 cm³/mol. The van der Waals surface area contributed by atoms with Crippen molar-refractivity contribution in [3.63, 3.8) is 0 Å². The minimum Gasteiger partial charge on any atom is -0.476 e. The second-order valence-corrected chi connectivity index (χ2v) is 3.53. The third-order valence-electron chi connectivity index (χ3n) is 2.30. The van der Waals surface area contributed by atoms with Crippen molar-refractivity contribution in [1.29, 1.82) is 0 Å². The van der Waals surface area contributed by atoms with Gasteiger partial charge in [0.15, 0.2) is 5.69 Å². The zero-order valence-electron chi connectivity index (χ0n) is 8.21. The Labute approximate surface area is 86.2 Å². The lowest BCUT2D eigenvalue weighted by molar-refractivity contribution is 0.0689. The average Bonchev–Trinajstić information content (AvgIpc) is 2.13. The van der Waals surface area contributed by atoms with Crippen molar-refractivity contribution in [1.82, 2.24) is 9.97 Å². The van der Waals surface area contributed by atoms with E-state index in [1.54, 1.807) is 6.92 Å². The maximum Gasteiger partial charge on any atom is 0.356 e. The van der Waals surface area contributed by atoms with Crippen LogP contribution in [-0.2, 0) is 0 Å². The fourth-order valence-electron chi connectivity index (χ4n) is 1.52. The molecule has 6 nitrogen and oxygen atoms in total. The second-order valence-electron chi connectivity index (χ2n) is 3.53. The number of aliphatic hydroxyl groups is 1. The Balaban J connectivity index is 2.23. The van der Waals surface area contributed by atoms with Gasteiger partial charge in [0.2, 0.25) is 0 Å². The number of aliphatic hydroxyl groups excluding tert-OH is 1. The van der Waals surface area contributed by atoms with E-state index in [9.17, 15) is 4.79 Å². The molecule has 0 unspecified atom stereocenters. The van der Waals surface area contributed by atoms with Crippen molar-refractivity contribution in [2.75, 3.05) is 18.0 Å². The number of carboxylic acids is 1. The maximum absolute atomic E-state index is 10.6. The van der Waals surface area contributed by atoms with E-state index in [1.165, 1.54) is 6.20 Å². The van der Waals surface area contributed by atoms with Gasteiger partial charge < -0.3 is 15.1 Å². The van der Waals surface area contributed by atoms with E-state index in [-0.39, 0.29) is 11.8 Å². The summed E-state index contributed by atoms with van der Waals surface area (Å²) < 4.78 is 0. The fourth-order valence-corrected chi connectivity index (χ4v) is 1.52. The molecule has 1 aromatic heterocycles. The first-order valence-electron chi connectivity index (χ1n) is 4.58. The van der Waals surface area contributed by atoms with Gasteiger partial charge in [-0.3, -0.25) is 0 Å². The molecule has 0 saturated carbocycles. The summed E-state index contributed by atoms with van der Waals surface area (Å²) in [6.45, 7) is 2.77. The molecule has 2 rings (SSSR count). The highest BCUT2D eigenvalue weighted by Crippen LogP contribution is 2.20. The molecule has 0 radical (unpaired) electrons. The Bertz CT molecular complexity index is 402. The molecule has 1 saturated heterocycles. The first-order valence-corrected chi connectivity index (χ1v) is 4.58. The van der Waals surface area contributed by atoms with Crippen LogP contribution in [0.2, 0.25) is 0 Å². The van der Waals surface area contributed by atoms with Crippen LogP contribution in [0.1, 0.15) is 16.2 Å². The molecular weight excluding hydrogens is 198 g/mol. The molecule has 0 bridgehead atoms. The number of aromatic nitrogens is 2. The van der Waals surface area contributed by atoms with Crippen LogP contribution >= 0.6 is 0 Å². The number of hydrogen-bond donors (Lipinski definition) is 2. The van der Waals surface area contributed by atoms with Gasteiger partial charge in [0.25, 0.3) is 0 Å². The number of aromatic carboxylic acids is 1. The Morgan fingerprint density at radius 2 is 2.27 bits per heavy atom. The van der Waals surface area contributed by atoms with Crippen LogP contribution in [-0.4, -0.2) is 45.3 Å². The van der Waals surface area contributed by atoms with Crippen LogP contribution in [0.5, 0.6) is 0 Å². The van der Waals surface area contributed by atoms with Gasteiger partial charge in [-0.05, 0) is 6.92 Å². The molecule has 0 aliphatic carbocycles. The molecule has 1 aliphatic heterocycles. The second kappa shape index (κ2) is 3.47. The standard InChI is InChI=1S/C9H11N3O3/c1-5-8(12-3-6(13)4-12)10-2-7(11-5)9(14)15/h2,6,13H,3-4H2,1H3,(H,14,15). The highest BCUT2D eigenvalue weighted by Gasteiger charge is 2.27. The highest BCUT2D eigenvalue weighted by atomic mass is 16.4. The number of anilines is 1. The van der Waals surface area contributed by atoms with Crippen molar-refractivity contribution in [2.24, 2.45) is 0 Å². The van der Waals surface area contributed by atoms with E-state index >= 15 is 0 Å². The number of rotatable bonds is 2. The van der Waals surface area contributed by atoms with Crippen LogP contribution < -0.4 is 4.90 Å².